The Bertz CT molecular complexity index is 452. The van der Waals surface area contributed by atoms with Gasteiger partial charge < -0.3 is 14.6 Å². The molecule has 1 rings (SSSR count). The molecule has 0 saturated heterocycles. The standard InChI is InChI=1S/C12H12F2O4/c1-7(2)10(15)8-3-5-9(6-4-8)18-12(13,14)11(16)17/h3-7H,1-2H3,(H,16,17)/p-1. The first-order chi connectivity index (χ1) is 8.24. The summed E-state index contributed by atoms with van der Waals surface area (Å²) in [6, 6.07) is 4.80. The minimum atomic E-state index is -4.40. The normalized spacial score (nSPS) is 11.4. The van der Waals surface area contributed by atoms with Crippen LogP contribution >= 0.6 is 0 Å². The Morgan fingerprint density at radius 3 is 2.11 bits per heavy atom. The summed E-state index contributed by atoms with van der Waals surface area (Å²) < 4.78 is 29.3. The van der Waals surface area contributed by atoms with E-state index < -0.39 is 12.1 Å². The molecule has 18 heavy (non-hydrogen) atoms. The first-order valence-electron chi connectivity index (χ1n) is 5.16. The molecule has 0 fully saturated rings. The molecule has 0 aromatic heterocycles. The predicted molar refractivity (Wildman–Crippen MR) is 56.2 cm³/mol. The number of halogens is 2. The predicted octanol–water partition coefficient (Wildman–Crippen LogP) is 1.25. The Hall–Kier alpha value is -1.98. The molecule has 0 radical (unpaired) electrons. The van der Waals surface area contributed by atoms with Crippen molar-refractivity contribution in [2.75, 3.05) is 0 Å². The summed E-state index contributed by atoms with van der Waals surface area (Å²) in [4.78, 5) is 21.6. The maximum Gasteiger partial charge on any atom is 0.441 e. The van der Waals surface area contributed by atoms with Gasteiger partial charge in [0.25, 0.3) is 0 Å². The molecule has 1 aromatic carbocycles. The number of hydrogen-bond acceptors (Lipinski definition) is 4. The number of hydrogen-bond donors (Lipinski definition) is 0. The van der Waals surface area contributed by atoms with Crippen LogP contribution in [0.5, 0.6) is 5.75 Å². The number of ether oxygens (including phenoxy) is 1. The van der Waals surface area contributed by atoms with Crippen LogP contribution in [0.15, 0.2) is 24.3 Å². The lowest BCUT2D eigenvalue weighted by atomic mass is 10.0. The van der Waals surface area contributed by atoms with Gasteiger partial charge in [-0.2, -0.15) is 8.78 Å². The molecule has 0 aliphatic heterocycles. The number of carbonyl (C=O) groups excluding carboxylic acids is 2. The summed E-state index contributed by atoms with van der Waals surface area (Å²) >= 11 is 0. The SMILES string of the molecule is CC(C)C(=O)c1ccc(OC(F)(F)C(=O)[O-])cc1. The molecule has 98 valence electrons. The number of carbonyl (C=O) groups is 2. The van der Waals surface area contributed by atoms with Crippen molar-refractivity contribution in [2.45, 2.75) is 20.0 Å². The molecular formula is C12H11F2O4-. The smallest absolute Gasteiger partial charge is 0.441 e. The van der Waals surface area contributed by atoms with Crippen molar-refractivity contribution < 1.29 is 28.2 Å². The quantitative estimate of drug-likeness (QED) is 0.744. The van der Waals surface area contributed by atoms with Crippen LogP contribution in [0, 0.1) is 5.92 Å². The van der Waals surface area contributed by atoms with Crippen molar-refractivity contribution in [3.63, 3.8) is 0 Å². The highest BCUT2D eigenvalue weighted by atomic mass is 19.3. The molecule has 0 N–H and O–H groups in total. The lowest BCUT2D eigenvalue weighted by molar-refractivity contribution is -0.350. The van der Waals surface area contributed by atoms with E-state index >= 15 is 0 Å². The van der Waals surface area contributed by atoms with Gasteiger partial charge >= 0.3 is 6.11 Å². The van der Waals surface area contributed by atoms with E-state index in [1.165, 1.54) is 12.1 Å². The molecule has 1 aromatic rings. The molecule has 0 saturated carbocycles. The Kier molecular flexibility index (Phi) is 4.00. The monoisotopic (exact) mass is 257 g/mol. The van der Waals surface area contributed by atoms with Crippen LogP contribution < -0.4 is 9.84 Å². The van der Waals surface area contributed by atoms with Crippen molar-refractivity contribution in [1.29, 1.82) is 0 Å². The molecule has 6 heteroatoms. The fourth-order valence-corrected chi connectivity index (χ4v) is 1.21. The van der Waals surface area contributed by atoms with E-state index in [1.807, 2.05) is 0 Å². The van der Waals surface area contributed by atoms with Gasteiger partial charge in [-0.25, -0.2) is 0 Å². The van der Waals surface area contributed by atoms with E-state index in [-0.39, 0.29) is 17.5 Å². The maximum absolute atomic E-state index is 12.7. The number of Topliss-reactive ketones (excluding diaryl/α,β-unsaturated/α-hetero) is 1. The van der Waals surface area contributed by atoms with Gasteiger partial charge in [0.15, 0.2) is 11.8 Å². The summed E-state index contributed by atoms with van der Waals surface area (Å²) in [6.45, 7) is 3.41. The number of alkyl halides is 2. The summed E-state index contributed by atoms with van der Waals surface area (Å²) in [7, 11) is 0. The first kappa shape index (κ1) is 14.1. The average Bonchev–Trinajstić information content (AvgIpc) is 2.28. The largest absolute Gasteiger partial charge is 0.541 e. The highest BCUT2D eigenvalue weighted by Crippen LogP contribution is 2.22. The summed E-state index contributed by atoms with van der Waals surface area (Å²) in [5, 5.41) is 10.0. The van der Waals surface area contributed by atoms with Crippen LogP contribution in [0.4, 0.5) is 8.78 Å². The average molecular weight is 257 g/mol. The number of aliphatic carboxylic acids is 1. The zero-order chi connectivity index (χ0) is 13.9. The van der Waals surface area contributed by atoms with Gasteiger partial charge in [-0.15, -0.1) is 0 Å². The van der Waals surface area contributed by atoms with E-state index in [0.717, 1.165) is 12.1 Å². The van der Waals surface area contributed by atoms with Gasteiger partial charge in [-0.05, 0) is 24.3 Å². The number of carboxylic acid groups (broad SMARTS) is 1. The maximum atomic E-state index is 12.7. The summed E-state index contributed by atoms with van der Waals surface area (Å²) in [6.07, 6.45) is -4.40. The highest BCUT2D eigenvalue weighted by molar-refractivity contribution is 5.97. The van der Waals surface area contributed by atoms with Crippen LogP contribution in [-0.4, -0.2) is 17.9 Å². The van der Waals surface area contributed by atoms with Crippen molar-refractivity contribution in [3.8, 4) is 5.75 Å². The second-order valence-corrected chi connectivity index (χ2v) is 3.95. The van der Waals surface area contributed by atoms with E-state index in [2.05, 4.69) is 4.74 Å². The molecule has 0 aliphatic carbocycles. The van der Waals surface area contributed by atoms with E-state index in [1.54, 1.807) is 13.8 Å². The van der Waals surface area contributed by atoms with Crippen LogP contribution in [0.1, 0.15) is 24.2 Å². The number of benzene rings is 1. The molecule has 0 atom stereocenters. The van der Waals surface area contributed by atoms with Crippen LogP contribution in [0.2, 0.25) is 0 Å². The minimum absolute atomic E-state index is 0.145. The van der Waals surface area contributed by atoms with E-state index in [4.69, 9.17) is 0 Å². The second-order valence-electron chi connectivity index (χ2n) is 3.95. The number of rotatable bonds is 5. The third kappa shape index (κ3) is 3.26. The highest BCUT2D eigenvalue weighted by Gasteiger charge is 2.33. The topological polar surface area (TPSA) is 66.4 Å². The van der Waals surface area contributed by atoms with E-state index in [0.29, 0.717) is 5.56 Å². The lowest BCUT2D eigenvalue weighted by Gasteiger charge is -2.18. The van der Waals surface area contributed by atoms with Crippen LogP contribution in [0.25, 0.3) is 0 Å². The van der Waals surface area contributed by atoms with Crippen LogP contribution in [-0.2, 0) is 4.79 Å². The van der Waals surface area contributed by atoms with Crippen LogP contribution in [0.3, 0.4) is 0 Å². The fraction of sp³-hybridized carbons (Fsp3) is 0.333. The van der Waals surface area contributed by atoms with Crippen molar-refractivity contribution in [3.05, 3.63) is 29.8 Å². The Morgan fingerprint density at radius 2 is 1.72 bits per heavy atom. The minimum Gasteiger partial charge on any atom is -0.541 e. The summed E-state index contributed by atoms with van der Waals surface area (Å²) in [5.41, 5.74) is 0.342. The second kappa shape index (κ2) is 5.12. The zero-order valence-electron chi connectivity index (χ0n) is 9.78. The molecular weight excluding hydrogens is 246 g/mol. The van der Waals surface area contributed by atoms with Gasteiger partial charge in [-0.3, -0.25) is 4.79 Å². The third-order valence-electron chi connectivity index (χ3n) is 2.15. The van der Waals surface area contributed by atoms with Gasteiger partial charge in [0, 0.05) is 11.5 Å². The zero-order valence-corrected chi connectivity index (χ0v) is 9.78. The molecule has 0 unspecified atom stereocenters. The number of carboxylic acids is 1. The lowest BCUT2D eigenvalue weighted by Crippen LogP contribution is -2.45. The third-order valence-corrected chi connectivity index (χ3v) is 2.15. The Morgan fingerprint density at radius 1 is 1.22 bits per heavy atom. The van der Waals surface area contributed by atoms with Gasteiger partial charge in [0.05, 0.1) is 0 Å². The molecule has 0 amide bonds. The van der Waals surface area contributed by atoms with Gasteiger partial charge in [0.1, 0.15) is 5.75 Å². The molecule has 0 bridgehead atoms. The van der Waals surface area contributed by atoms with Gasteiger partial charge in [-0.1, -0.05) is 13.8 Å². The van der Waals surface area contributed by atoms with Crippen molar-refractivity contribution >= 4 is 11.8 Å². The molecule has 0 aliphatic rings. The Labute approximate surface area is 102 Å². The summed E-state index contributed by atoms with van der Waals surface area (Å²) in [5.74, 6) is -3.34. The fourth-order valence-electron chi connectivity index (χ4n) is 1.21. The van der Waals surface area contributed by atoms with E-state index in [9.17, 15) is 23.5 Å². The molecule has 0 spiro atoms. The first-order valence-corrected chi connectivity index (χ1v) is 5.16. The van der Waals surface area contributed by atoms with Gasteiger partial charge in [0.2, 0.25) is 0 Å². The molecule has 0 heterocycles. The number of ketones is 1. The Balaban J connectivity index is 2.84. The molecule has 4 nitrogen and oxygen atoms in total. The van der Waals surface area contributed by atoms with Crippen molar-refractivity contribution in [2.24, 2.45) is 5.92 Å². The van der Waals surface area contributed by atoms with Crippen molar-refractivity contribution in [1.82, 2.24) is 0 Å².